The second-order valence-electron chi connectivity index (χ2n) is 31.1. The molecule has 9 aliphatic rings. The predicted molar refractivity (Wildman–Crippen MR) is 343 cm³/mol. The fourth-order valence-corrected chi connectivity index (χ4v) is 20.8. The zero-order valence-corrected chi connectivity index (χ0v) is 55.3. The van der Waals surface area contributed by atoms with Gasteiger partial charge in [0.05, 0.1) is 56.7 Å². The number of esters is 5. The number of carbonyl (C=O) groups is 5. The molecule has 9 fully saturated rings. The van der Waals surface area contributed by atoms with Gasteiger partial charge in [-0.05, 0) is 243 Å². The van der Waals surface area contributed by atoms with Gasteiger partial charge in [-0.3, -0.25) is 19.2 Å². The molecule has 0 amide bonds. The Morgan fingerprint density at radius 3 is 1.17 bits per heavy atom. The number of ether oxygens (including phenoxy) is 5. The molecule has 4 bridgehead atoms. The molecule has 9 saturated carbocycles. The molecule has 9 rings (SSSR count). The van der Waals surface area contributed by atoms with Gasteiger partial charge in [-0.2, -0.15) is 0 Å². The van der Waals surface area contributed by atoms with E-state index in [2.05, 4.69) is 20.4 Å². The molecular weight excluding hydrogens is 1090 g/mol. The maximum atomic E-state index is 13.3. The Bertz CT molecular complexity index is 2120. The van der Waals surface area contributed by atoms with E-state index in [1.54, 1.807) is 6.92 Å². The van der Waals surface area contributed by atoms with Crippen molar-refractivity contribution in [2.75, 3.05) is 39.6 Å². The van der Waals surface area contributed by atoms with E-state index >= 15 is 0 Å². The third-order valence-electron chi connectivity index (χ3n) is 25.5. The van der Waals surface area contributed by atoms with E-state index in [0.717, 1.165) is 98.7 Å². The Morgan fingerprint density at radius 1 is 0.368 bits per heavy atom. The van der Waals surface area contributed by atoms with Crippen LogP contribution in [0.3, 0.4) is 0 Å². The average Bonchev–Trinajstić information content (AvgIpc) is 1.73. The molecule has 0 aromatic rings. The third-order valence-corrected chi connectivity index (χ3v) is 25.5. The van der Waals surface area contributed by atoms with Gasteiger partial charge in [0.15, 0.2) is 0 Å². The molecule has 11 nitrogen and oxygen atoms in total. The smallest absolute Gasteiger partial charge is 0.333 e. The SMILES string of the molecule is C=C(C)C(=O)OCC1CC2C3CC(COC(=O)C4CCC(C(=O)OCCCCCCC5C(CCCCCCCC)CCC(CCCCCC)C5CCCCCCOC(=O)C5CCC(C(=O)OCC6CC7CC6C6CC(CO)CC76)CC5)CC4)C(C3)C2C1. The van der Waals surface area contributed by atoms with Crippen LogP contribution in [0.2, 0.25) is 0 Å². The molecule has 16 atom stereocenters. The molecule has 0 heterocycles. The number of rotatable bonds is 38. The van der Waals surface area contributed by atoms with Crippen LogP contribution in [-0.2, 0) is 47.7 Å². The van der Waals surface area contributed by atoms with Gasteiger partial charge in [-0.25, -0.2) is 4.79 Å². The summed E-state index contributed by atoms with van der Waals surface area (Å²) in [7, 11) is 0. The summed E-state index contributed by atoms with van der Waals surface area (Å²) in [5.74, 6) is 9.72. The average molecular weight is 1210 g/mol. The van der Waals surface area contributed by atoms with Crippen molar-refractivity contribution in [3.05, 3.63) is 12.2 Å². The van der Waals surface area contributed by atoms with E-state index in [9.17, 15) is 29.1 Å². The number of hydrogen-bond donors (Lipinski definition) is 1. The van der Waals surface area contributed by atoms with Crippen LogP contribution in [0.15, 0.2) is 12.2 Å². The Morgan fingerprint density at radius 2 is 0.736 bits per heavy atom. The topological polar surface area (TPSA) is 152 Å². The quantitative estimate of drug-likeness (QED) is 0.0272. The van der Waals surface area contributed by atoms with Crippen LogP contribution in [0.5, 0.6) is 0 Å². The summed E-state index contributed by atoms with van der Waals surface area (Å²) in [6.45, 7) is 12.9. The lowest BCUT2D eigenvalue weighted by Crippen LogP contribution is -2.35. The van der Waals surface area contributed by atoms with E-state index < -0.39 is 0 Å². The lowest BCUT2D eigenvalue weighted by molar-refractivity contribution is -0.156. The van der Waals surface area contributed by atoms with Crippen molar-refractivity contribution in [1.29, 1.82) is 0 Å². The van der Waals surface area contributed by atoms with E-state index in [0.29, 0.717) is 144 Å². The highest BCUT2D eigenvalue weighted by Crippen LogP contribution is 2.63. The molecule has 0 saturated heterocycles. The summed E-state index contributed by atoms with van der Waals surface area (Å²) >= 11 is 0. The molecule has 1 N–H and O–H groups in total. The minimum absolute atomic E-state index is 0.0558. The molecule has 0 aromatic heterocycles. The molecule has 9 aliphatic carbocycles. The Hall–Kier alpha value is -2.95. The molecule has 16 unspecified atom stereocenters. The van der Waals surface area contributed by atoms with Crippen molar-refractivity contribution >= 4 is 29.8 Å². The number of carbonyl (C=O) groups excluding carboxylic acids is 5. The lowest BCUT2D eigenvalue weighted by atomic mass is 9.61. The number of hydrogen-bond acceptors (Lipinski definition) is 11. The van der Waals surface area contributed by atoms with Gasteiger partial charge < -0.3 is 28.8 Å². The van der Waals surface area contributed by atoms with Crippen molar-refractivity contribution in [3.8, 4) is 0 Å². The fourth-order valence-electron chi connectivity index (χ4n) is 20.8. The number of aliphatic hydroxyl groups is 1. The Labute approximate surface area is 528 Å². The van der Waals surface area contributed by atoms with Crippen LogP contribution in [0, 0.1) is 118 Å². The van der Waals surface area contributed by atoms with Crippen LogP contribution in [0.4, 0.5) is 0 Å². The fraction of sp³-hybridized carbons (Fsp3) is 0.908. The first kappa shape index (κ1) is 68.4. The number of unbranched alkanes of at least 4 members (excludes halogenated alkanes) is 14. The van der Waals surface area contributed by atoms with E-state index in [1.165, 1.54) is 154 Å². The molecule has 0 spiro atoms. The molecule has 11 heteroatoms. The van der Waals surface area contributed by atoms with Gasteiger partial charge in [-0.1, -0.05) is 136 Å². The first-order valence-corrected chi connectivity index (χ1v) is 37.5. The van der Waals surface area contributed by atoms with Crippen molar-refractivity contribution in [2.45, 2.75) is 278 Å². The third kappa shape index (κ3) is 19.1. The maximum Gasteiger partial charge on any atom is 0.333 e. The highest BCUT2D eigenvalue weighted by Gasteiger charge is 2.57. The second kappa shape index (κ2) is 35.2. The van der Waals surface area contributed by atoms with E-state index in [-0.39, 0.29) is 53.5 Å². The minimum Gasteiger partial charge on any atom is -0.465 e. The van der Waals surface area contributed by atoms with Gasteiger partial charge in [0, 0.05) is 12.2 Å². The zero-order chi connectivity index (χ0) is 61.1. The van der Waals surface area contributed by atoms with Crippen LogP contribution >= 0.6 is 0 Å². The van der Waals surface area contributed by atoms with Gasteiger partial charge in [0.1, 0.15) is 0 Å². The van der Waals surface area contributed by atoms with Crippen LogP contribution < -0.4 is 0 Å². The first-order chi connectivity index (χ1) is 42.4. The lowest BCUT2D eigenvalue weighted by Gasteiger charge is -2.44. The highest BCUT2D eigenvalue weighted by molar-refractivity contribution is 5.86. The normalized spacial score (nSPS) is 35.6. The maximum absolute atomic E-state index is 13.3. The summed E-state index contributed by atoms with van der Waals surface area (Å²) in [6.07, 6.45) is 45.8. The summed E-state index contributed by atoms with van der Waals surface area (Å²) in [6, 6.07) is 0. The number of aliphatic hydroxyl groups excluding tert-OH is 1. The second-order valence-corrected chi connectivity index (χ2v) is 31.1. The molecule has 494 valence electrons. The van der Waals surface area contributed by atoms with Crippen LogP contribution in [0.25, 0.3) is 0 Å². The monoisotopic (exact) mass is 1210 g/mol. The van der Waals surface area contributed by atoms with Crippen molar-refractivity contribution in [2.24, 2.45) is 118 Å². The number of fused-ring (bicyclic) bond motifs is 10. The summed E-state index contributed by atoms with van der Waals surface area (Å²) in [5.41, 5.74) is 0.456. The predicted octanol–water partition coefficient (Wildman–Crippen LogP) is 17.4. The molecule has 0 aliphatic heterocycles. The largest absolute Gasteiger partial charge is 0.465 e. The Balaban J connectivity index is 0.641. The first-order valence-electron chi connectivity index (χ1n) is 37.5. The zero-order valence-electron chi connectivity index (χ0n) is 55.3. The van der Waals surface area contributed by atoms with Crippen molar-refractivity contribution in [3.63, 3.8) is 0 Å². The van der Waals surface area contributed by atoms with E-state index in [1.807, 2.05) is 0 Å². The summed E-state index contributed by atoms with van der Waals surface area (Å²) in [4.78, 5) is 65.1. The summed E-state index contributed by atoms with van der Waals surface area (Å²) in [5, 5.41) is 9.76. The van der Waals surface area contributed by atoms with Crippen LogP contribution in [0.1, 0.15) is 278 Å². The molecule has 0 aromatic carbocycles. The van der Waals surface area contributed by atoms with E-state index in [4.69, 9.17) is 23.7 Å². The van der Waals surface area contributed by atoms with Gasteiger partial charge in [0.25, 0.3) is 0 Å². The van der Waals surface area contributed by atoms with Gasteiger partial charge in [0.2, 0.25) is 0 Å². The molecule has 87 heavy (non-hydrogen) atoms. The minimum atomic E-state index is -0.288. The van der Waals surface area contributed by atoms with Crippen molar-refractivity contribution < 1.29 is 52.8 Å². The van der Waals surface area contributed by atoms with Gasteiger partial charge >= 0.3 is 29.8 Å². The highest BCUT2D eigenvalue weighted by atomic mass is 16.5. The molecule has 0 radical (unpaired) electrons. The molecular formula is C76H124O11. The van der Waals surface area contributed by atoms with Crippen molar-refractivity contribution in [1.82, 2.24) is 0 Å². The van der Waals surface area contributed by atoms with Crippen LogP contribution in [-0.4, -0.2) is 74.6 Å². The van der Waals surface area contributed by atoms with Gasteiger partial charge in [-0.15, -0.1) is 0 Å². The Kier molecular flexibility index (Phi) is 27.7. The standard InChI is InChI=1S/C76H124O11/c1-5-7-9-11-12-18-24-55-28-27-54(23-17-10-8-6-2)64(25-19-13-15-21-37-83-73(79)56-29-33-58(34-30-56)75(81)86-49-62-43-60-45-68(62)70-40-52(47-77)39-66(60)70)65(55)26-20-14-16-22-38-84-74(80)57-31-35-59(36-32-57)76(82)87-50-63-44-61-46-69(63)71-42-53(41-67(61)71)48-85-72(78)51(3)4/h52-71,77H,3,5-50H2,1-2,4H3. The summed E-state index contributed by atoms with van der Waals surface area (Å²) < 4.78 is 29.4.